The summed E-state index contributed by atoms with van der Waals surface area (Å²) in [6.45, 7) is 7.23. The second-order valence-corrected chi connectivity index (χ2v) is 7.54. The maximum atomic E-state index is 12.4. The predicted molar refractivity (Wildman–Crippen MR) is 93.2 cm³/mol. The molecule has 0 saturated carbocycles. The average Bonchev–Trinajstić information content (AvgIpc) is 2.45. The van der Waals surface area contributed by atoms with Crippen LogP contribution in [0.15, 0.2) is 28.7 Å². The van der Waals surface area contributed by atoms with E-state index in [1.54, 1.807) is 0 Å². The Morgan fingerprint density at radius 3 is 2.77 bits per heavy atom. The third-order valence-electron chi connectivity index (χ3n) is 3.66. The third kappa shape index (κ3) is 4.90. The zero-order valence-electron chi connectivity index (χ0n) is 13.6. The number of amides is 1. The molecule has 1 N–H and O–H groups in total. The van der Waals surface area contributed by atoms with E-state index in [4.69, 9.17) is 4.74 Å². The lowest BCUT2D eigenvalue weighted by Gasteiger charge is -2.37. The number of nitrogens with one attached hydrogen (secondary N) is 1. The number of hydrogen-bond donors (Lipinski definition) is 1. The molecule has 1 amide bonds. The van der Waals surface area contributed by atoms with Crippen LogP contribution in [0.3, 0.4) is 0 Å². The van der Waals surface area contributed by atoms with Gasteiger partial charge in [0.1, 0.15) is 5.60 Å². The summed E-state index contributed by atoms with van der Waals surface area (Å²) >= 11 is 3.54. The Labute approximate surface area is 141 Å². The smallest absolute Gasteiger partial charge is 0.410 e. The lowest BCUT2D eigenvalue weighted by Crippen LogP contribution is -2.48. The molecule has 4 nitrogen and oxygen atoms in total. The molecule has 0 aliphatic carbocycles. The number of halogens is 1. The van der Waals surface area contributed by atoms with Crippen LogP contribution in [-0.4, -0.2) is 35.7 Å². The zero-order valence-corrected chi connectivity index (χ0v) is 15.1. The van der Waals surface area contributed by atoms with Gasteiger partial charge in [0.25, 0.3) is 0 Å². The molecular formula is C17H25BrN2O2. The van der Waals surface area contributed by atoms with Crippen LogP contribution in [0.25, 0.3) is 0 Å². The molecule has 0 bridgehead atoms. The molecule has 1 atom stereocenters. The van der Waals surface area contributed by atoms with Crippen LogP contribution in [0.4, 0.5) is 10.5 Å². The standard InChI is InChI=1S/C17H25BrN2O2/c1-17(2,3)22-16(21)20-11-7-6-8-13(20)12-19-15-10-5-4-9-14(15)18/h4-5,9-10,13,19H,6-8,11-12H2,1-3H3/t13-/m1/s1. The van der Waals surface area contributed by atoms with Crippen molar-refractivity contribution in [3.05, 3.63) is 28.7 Å². The fourth-order valence-corrected chi connectivity index (χ4v) is 3.03. The van der Waals surface area contributed by atoms with Crippen LogP contribution < -0.4 is 5.32 Å². The van der Waals surface area contributed by atoms with Gasteiger partial charge in [0.05, 0.1) is 6.04 Å². The molecule has 22 heavy (non-hydrogen) atoms. The molecule has 1 aromatic rings. The number of ether oxygens (including phenoxy) is 1. The van der Waals surface area contributed by atoms with Gasteiger partial charge in [0.15, 0.2) is 0 Å². The van der Waals surface area contributed by atoms with Gasteiger partial charge in [-0.05, 0) is 68.1 Å². The molecule has 1 aliphatic heterocycles. The maximum absolute atomic E-state index is 12.4. The van der Waals surface area contributed by atoms with Crippen molar-refractivity contribution in [1.29, 1.82) is 0 Å². The second-order valence-electron chi connectivity index (χ2n) is 6.68. The van der Waals surface area contributed by atoms with Crippen LogP contribution >= 0.6 is 15.9 Å². The number of likely N-dealkylation sites (tertiary alicyclic amines) is 1. The molecular weight excluding hydrogens is 344 g/mol. The van der Waals surface area contributed by atoms with E-state index in [0.717, 1.165) is 42.5 Å². The molecule has 1 saturated heterocycles. The fourth-order valence-electron chi connectivity index (χ4n) is 2.61. The van der Waals surface area contributed by atoms with Crippen molar-refractivity contribution in [3.63, 3.8) is 0 Å². The normalized spacial score (nSPS) is 18.9. The first kappa shape index (κ1) is 17.1. The van der Waals surface area contributed by atoms with Gasteiger partial charge in [-0.1, -0.05) is 12.1 Å². The number of para-hydroxylation sites is 1. The Kier molecular flexibility index (Phi) is 5.73. The van der Waals surface area contributed by atoms with E-state index in [1.807, 2.05) is 49.9 Å². The van der Waals surface area contributed by atoms with Gasteiger partial charge in [0, 0.05) is 23.2 Å². The summed E-state index contributed by atoms with van der Waals surface area (Å²) in [5.74, 6) is 0. The van der Waals surface area contributed by atoms with Gasteiger partial charge >= 0.3 is 6.09 Å². The van der Waals surface area contributed by atoms with Crippen molar-refractivity contribution >= 4 is 27.7 Å². The monoisotopic (exact) mass is 368 g/mol. The Morgan fingerprint density at radius 1 is 1.36 bits per heavy atom. The minimum atomic E-state index is -0.449. The van der Waals surface area contributed by atoms with E-state index >= 15 is 0 Å². The first-order chi connectivity index (χ1) is 10.4. The van der Waals surface area contributed by atoms with Crippen LogP contribution in [-0.2, 0) is 4.74 Å². The van der Waals surface area contributed by atoms with E-state index in [2.05, 4.69) is 21.2 Å². The largest absolute Gasteiger partial charge is 0.444 e. The number of benzene rings is 1. The minimum absolute atomic E-state index is 0.177. The zero-order chi connectivity index (χ0) is 16.2. The third-order valence-corrected chi connectivity index (χ3v) is 4.35. The Hall–Kier alpha value is -1.23. The van der Waals surface area contributed by atoms with Gasteiger partial charge in [-0.3, -0.25) is 0 Å². The molecule has 1 heterocycles. The van der Waals surface area contributed by atoms with Crippen LogP contribution in [0, 0.1) is 0 Å². The van der Waals surface area contributed by atoms with Crippen molar-refractivity contribution in [3.8, 4) is 0 Å². The van der Waals surface area contributed by atoms with Crippen LogP contribution in [0.1, 0.15) is 40.0 Å². The van der Waals surface area contributed by atoms with Crippen LogP contribution in [0.5, 0.6) is 0 Å². The predicted octanol–water partition coefficient (Wildman–Crippen LogP) is 4.65. The molecule has 5 heteroatoms. The van der Waals surface area contributed by atoms with Gasteiger partial charge in [-0.15, -0.1) is 0 Å². The molecule has 0 unspecified atom stereocenters. The quantitative estimate of drug-likeness (QED) is 0.843. The van der Waals surface area contributed by atoms with E-state index in [-0.39, 0.29) is 12.1 Å². The lowest BCUT2D eigenvalue weighted by atomic mass is 10.0. The number of carbonyl (C=O) groups is 1. The van der Waals surface area contributed by atoms with Gasteiger partial charge in [0.2, 0.25) is 0 Å². The van der Waals surface area contributed by atoms with Gasteiger partial charge in [-0.2, -0.15) is 0 Å². The lowest BCUT2D eigenvalue weighted by molar-refractivity contribution is 0.0114. The highest BCUT2D eigenvalue weighted by molar-refractivity contribution is 9.10. The van der Waals surface area contributed by atoms with Crippen molar-refractivity contribution in [1.82, 2.24) is 4.90 Å². The first-order valence-electron chi connectivity index (χ1n) is 7.85. The SMILES string of the molecule is CC(C)(C)OC(=O)N1CCCC[C@@H]1CNc1ccccc1Br. The topological polar surface area (TPSA) is 41.6 Å². The van der Waals surface area contributed by atoms with E-state index in [9.17, 15) is 4.79 Å². The molecule has 1 fully saturated rings. The van der Waals surface area contributed by atoms with Crippen molar-refractivity contribution in [2.24, 2.45) is 0 Å². The number of rotatable bonds is 3. The molecule has 1 aliphatic rings. The van der Waals surface area contributed by atoms with Crippen molar-refractivity contribution < 1.29 is 9.53 Å². The molecule has 122 valence electrons. The highest BCUT2D eigenvalue weighted by Gasteiger charge is 2.30. The van der Waals surface area contributed by atoms with Crippen molar-refractivity contribution in [2.45, 2.75) is 51.7 Å². The maximum Gasteiger partial charge on any atom is 0.410 e. The Morgan fingerprint density at radius 2 is 2.09 bits per heavy atom. The number of nitrogens with zero attached hydrogens (tertiary/aromatic N) is 1. The molecule has 0 spiro atoms. The first-order valence-corrected chi connectivity index (χ1v) is 8.64. The average molecular weight is 369 g/mol. The second kappa shape index (κ2) is 7.36. The Bertz CT molecular complexity index is 514. The molecule has 2 rings (SSSR count). The summed E-state index contributed by atoms with van der Waals surface area (Å²) in [6, 6.07) is 8.21. The van der Waals surface area contributed by atoms with Crippen LogP contribution in [0.2, 0.25) is 0 Å². The molecule has 0 radical (unpaired) electrons. The summed E-state index contributed by atoms with van der Waals surface area (Å²) in [5, 5.41) is 3.43. The number of carbonyl (C=O) groups excluding carboxylic acids is 1. The van der Waals surface area contributed by atoms with Gasteiger partial charge in [-0.25, -0.2) is 4.79 Å². The van der Waals surface area contributed by atoms with E-state index in [0.29, 0.717) is 0 Å². The summed E-state index contributed by atoms with van der Waals surface area (Å²) in [6.07, 6.45) is 3.01. The highest BCUT2D eigenvalue weighted by atomic mass is 79.9. The number of piperidine rings is 1. The molecule has 1 aromatic carbocycles. The number of anilines is 1. The molecule has 0 aromatic heterocycles. The Balaban J connectivity index is 1.98. The summed E-state index contributed by atoms with van der Waals surface area (Å²) < 4.78 is 6.57. The highest BCUT2D eigenvalue weighted by Crippen LogP contribution is 2.24. The minimum Gasteiger partial charge on any atom is -0.444 e. The van der Waals surface area contributed by atoms with E-state index in [1.165, 1.54) is 0 Å². The summed E-state index contributed by atoms with van der Waals surface area (Å²) in [5.41, 5.74) is 0.604. The fraction of sp³-hybridized carbons (Fsp3) is 0.588. The van der Waals surface area contributed by atoms with Crippen molar-refractivity contribution in [2.75, 3.05) is 18.4 Å². The van der Waals surface area contributed by atoms with Gasteiger partial charge < -0.3 is 15.0 Å². The summed E-state index contributed by atoms with van der Waals surface area (Å²) in [4.78, 5) is 14.2. The van der Waals surface area contributed by atoms with E-state index < -0.39 is 5.60 Å². The summed E-state index contributed by atoms with van der Waals surface area (Å²) in [7, 11) is 0. The number of hydrogen-bond acceptors (Lipinski definition) is 3.